The van der Waals surface area contributed by atoms with Gasteiger partial charge in [-0.3, -0.25) is 0 Å². The van der Waals surface area contributed by atoms with Crippen LogP contribution in [-0.4, -0.2) is 23.6 Å². The van der Waals surface area contributed by atoms with Gasteiger partial charge in [0.1, 0.15) is 11.4 Å². The number of ether oxygens (including phenoxy) is 1. The third-order valence-electron chi connectivity index (χ3n) is 3.05. The van der Waals surface area contributed by atoms with Gasteiger partial charge in [-0.15, -0.1) is 0 Å². The van der Waals surface area contributed by atoms with Crippen LogP contribution >= 0.6 is 0 Å². The van der Waals surface area contributed by atoms with E-state index in [2.05, 4.69) is 9.71 Å². The van der Waals surface area contributed by atoms with Gasteiger partial charge < -0.3 is 9.30 Å². The lowest BCUT2D eigenvalue weighted by atomic mass is 10.1. The van der Waals surface area contributed by atoms with Crippen LogP contribution in [0.25, 0.3) is 0 Å². The Kier molecular flexibility index (Phi) is 5.11. The zero-order valence-corrected chi connectivity index (χ0v) is 14.7. The number of nitrogens with one attached hydrogen (secondary N) is 1. The summed E-state index contributed by atoms with van der Waals surface area (Å²) >= 11 is 0. The first-order valence-electron chi connectivity index (χ1n) is 7.50. The Morgan fingerprint density at radius 3 is 2.70 bits per heavy atom. The van der Waals surface area contributed by atoms with Gasteiger partial charge >= 0.3 is 0 Å². The summed E-state index contributed by atoms with van der Waals surface area (Å²) in [7, 11) is -3.64. The van der Waals surface area contributed by atoms with E-state index in [0.717, 1.165) is 5.56 Å². The van der Waals surface area contributed by atoms with Crippen LogP contribution in [0.2, 0.25) is 0 Å². The largest absolute Gasteiger partial charge is 0.488 e. The summed E-state index contributed by atoms with van der Waals surface area (Å²) in [5.41, 5.74) is 0.522. The first-order valence-corrected chi connectivity index (χ1v) is 8.98. The molecule has 1 heterocycles. The van der Waals surface area contributed by atoms with Crippen LogP contribution in [0.4, 0.5) is 0 Å². The molecule has 0 fully saturated rings. The molecule has 6 nitrogen and oxygen atoms in total. The Balaban J connectivity index is 2.10. The number of benzene rings is 1. The standard InChI is InChI=1S/C16H23N3O3S/c1-5-19-10-9-17-15(19)23(20,21)18-12-13-7-6-8-14(11-13)22-16(2,3)4/h6-11,18H,5,12H2,1-4H3. The third-order valence-corrected chi connectivity index (χ3v) is 4.39. The van der Waals surface area contributed by atoms with Crippen LogP contribution in [0.1, 0.15) is 33.3 Å². The normalized spacial score (nSPS) is 12.3. The monoisotopic (exact) mass is 337 g/mol. The minimum Gasteiger partial charge on any atom is -0.488 e. The van der Waals surface area contributed by atoms with E-state index in [9.17, 15) is 8.42 Å². The first kappa shape index (κ1) is 17.5. The summed E-state index contributed by atoms with van der Waals surface area (Å²) in [5.74, 6) is 0.712. The molecule has 1 N–H and O–H groups in total. The van der Waals surface area contributed by atoms with Crippen LogP contribution in [0.5, 0.6) is 5.75 Å². The molecule has 0 spiro atoms. The van der Waals surface area contributed by atoms with Gasteiger partial charge in [-0.05, 0) is 45.4 Å². The molecule has 126 valence electrons. The van der Waals surface area contributed by atoms with E-state index in [0.29, 0.717) is 12.3 Å². The van der Waals surface area contributed by atoms with Gasteiger partial charge in [-0.2, -0.15) is 0 Å². The van der Waals surface area contributed by atoms with Crippen LogP contribution in [0, 0.1) is 0 Å². The van der Waals surface area contributed by atoms with Crippen molar-refractivity contribution < 1.29 is 13.2 Å². The molecule has 0 atom stereocenters. The van der Waals surface area contributed by atoms with E-state index >= 15 is 0 Å². The van der Waals surface area contributed by atoms with Crippen LogP contribution in [-0.2, 0) is 23.1 Å². The van der Waals surface area contributed by atoms with E-state index in [4.69, 9.17) is 4.74 Å². The fourth-order valence-corrected chi connectivity index (χ4v) is 3.28. The van der Waals surface area contributed by atoms with Crippen molar-refractivity contribution in [3.05, 3.63) is 42.2 Å². The van der Waals surface area contributed by atoms with Crippen LogP contribution < -0.4 is 9.46 Å². The fraction of sp³-hybridized carbons (Fsp3) is 0.438. The Bertz CT molecular complexity index is 761. The maximum Gasteiger partial charge on any atom is 0.274 e. The maximum absolute atomic E-state index is 12.3. The molecular weight excluding hydrogens is 314 g/mol. The Morgan fingerprint density at radius 1 is 1.30 bits per heavy atom. The summed E-state index contributed by atoms with van der Waals surface area (Å²) in [6.07, 6.45) is 3.13. The first-order chi connectivity index (χ1) is 10.7. The highest BCUT2D eigenvalue weighted by molar-refractivity contribution is 7.89. The molecule has 0 aliphatic heterocycles. The molecule has 0 saturated carbocycles. The van der Waals surface area contributed by atoms with Crippen molar-refractivity contribution in [1.29, 1.82) is 0 Å². The highest BCUT2D eigenvalue weighted by Gasteiger charge is 2.19. The lowest BCUT2D eigenvalue weighted by Crippen LogP contribution is -2.26. The number of hydrogen-bond acceptors (Lipinski definition) is 4. The molecule has 2 rings (SSSR count). The molecule has 0 unspecified atom stereocenters. The highest BCUT2D eigenvalue weighted by atomic mass is 32.2. The summed E-state index contributed by atoms with van der Waals surface area (Å²) in [5, 5.41) is 0.0297. The lowest BCUT2D eigenvalue weighted by molar-refractivity contribution is 0.131. The van der Waals surface area contributed by atoms with Crippen molar-refractivity contribution in [2.75, 3.05) is 0 Å². The number of aromatic nitrogens is 2. The second-order valence-corrected chi connectivity index (χ2v) is 7.84. The highest BCUT2D eigenvalue weighted by Crippen LogP contribution is 2.19. The fourth-order valence-electron chi connectivity index (χ4n) is 2.10. The third kappa shape index (κ3) is 4.80. The summed E-state index contributed by atoms with van der Waals surface area (Å²) < 4.78 is 34.6. The molecule has 0 saturated heterocycles. The molecule has 0 amide bonds. The van der Waals surface area contributed by atoms with Crippen molar-refractivity contribution in [2.45, 2.75) is 51.5 Å². The average Bonchev–Trinajstić information content (AvgIpc) is 2.93. The van der Waals surface area contributed by atoms with E-state index < -0.39 is 10.0 Å². The van der Waals surface area contributed by atoms with Crippen molar-refractivity contribution in [1.82, 2.24) is 14.3 Å². The van der Waals surface area contributed by atoms with E-state index in [1.807, 2.05) is 52.0 Å². The number of imidazole rings is 1. The predicted molar refractivity (Wildman–Crippen MR) is 88.7 cm³/mol. The van der Waals surface area contributed by atoms with E-state index in [-0.39, 0.29) is 17.3 Å². The minimum atomic E-state index is -3.64. The molecule has 2 aromatic rings. The average molecular weight is 337 g/mol. The molecule has 7 heteroatoms. The number of aryl methyl sites for hydroxylation is 1. The Morgan fingerprint density at radius 2 is 2.04 bits per heavy atom. The van der Waals surface area contributed by atoms with Gasteiger partial charge in [0.05, 0.1) is 0 Å². The zero-order valence-electron chi connectivity index (χ0n) is 13.9. The molecule has 0 aliphatic rings. The Labute approximate surface area is 137 Å². The minimum absolute atomic E-state index is 0.0297. The predicted octanol–water partition coefficient (Wildman–Crippen LogP) is 2.56. The van der Waals surface area contributed by atoms with Gasteiger partial charge in [-0.1, -0.05) is 12.1 Å². The van der Waals surface area contributed by atoms with Gasteiger partial charge in [0.15, 0.2) is 0 Å². The van der Waals surface area contributed by atoms with Crippen molar-refractivity contribution in [2.24, 2.45) is 0 Å². The number of rotatable bonds is 6. The van der Waals surface area contributed by atoms with Crippen molar-refractivity contribution in [3.8, 4) is 5.75 Å². The van der Waals surface area contributed by atoms with Gasteiger partial charge in [-0.25, -0.2) is 18.1 Å². The van der Waals surface area contributed by atoms with Crippen molar-refractivity contribution in [3.63, 3.8) is 0 Å². The molecule has 1 aromatic heterocycles. The maximum atomic E-state index is 12.3. The molecule has 0 radical (unpaired) electrons. The number of sulfonamides is 1. The van der Waals surface area contributed by atoms with Gasteiger partial charge in [0.2, 0.25) is 5.16 Å². The lowest BCUT2D eigenvalue weighted by Gasteiger charge is -2.21. The second-order valence-electron chi connectivity index (χ2n) is 6.18. The molecule has 23 heavy (non-hydrogen) atoms. The van der Waals surface area contributed by atoms with Crippen molar-refractivity contribution >= 4 is 10.0 Å². The SMILES string of the molecule is CCn1ccnc1S(=O)(=O)NCc1cccc(OC(C)(C)C)c1. The molecule has 1 aromatic carbocycles. The number of nitrogens with zero attached hydrogens (tertiary/aromatic N) is 2. The van der Waals surface area contributed by atoms with E-state index in [1.165, 1.54) is 6.20 Å². The second kappa shape index (κ2) is 6.72. The zero-order chi connectivity index (χ0) is 17.1. The topological polar surface area (TPSA) is 73.2 Å². The van der Waals surface area contributed by atoms with Crippen LogP contribution in [0.15, 0.2) is 41.8 Å². The van der Waals surface area contributed by atoms with Gasteiger partial charge in [0.25, 0.3) is 10.0 Å². The van der Waals surface area contributed by atoms with E-state index in [1.54, 1.807) is 10.8 Å². The summed E-state index contributed by atoms with van der Waals surface area (Å²) in [4.78, 5) is 3.92. The smallest absolute Gasteiger partial charge is 0.274 e. The van der Waals surface area contributed by atoms with Gasteiger partial charge in [0, 0.05) is 25.5 Å². The summed E-state index contributed by atoms with van der Waals surface area (Å²) in [6, 6.07) is 7.38. The Hall–Kier alpha value is -1.86. The molecule has 0 aliphatic carbocycles. The summed E-state index contributed by atoms with van der Waals surface area (Å²) in [6.45, 7) is 8.49. The molecular formula is C16H23N3O3S. The quantitative estimate of drug-likeness (QED) is 0.879. The number of hydrogen-bond donors (Lipinski definition) is 1. The van der Waals surface area contributed by atoms with Crippen LogP contribution in [0.3, 0.4) is 0 Å². The molecule has 0 bridgehead atoms.